The van der Waals surface area contributed by atoms with Crippen LogP contribution in [0.5, 0.6) is 0 Å². The molecule has 1 aliphatic carbocycles. The predicted molar refractivity (Wildman–Crippen MR) is 69.5 cm³/mol. The SMILES string of the molecule is Cc1ccc(F)cc1C1CCCCCC1CN. The molecule has 2 N–H and O–H groups in total. The topological polar surface area (TPSA) is 26.0 Å². The first kappa shape index (κ1) is 12.6. The molecule has 0 radical (unpaired) electrons. The summed E-state index contributed by atoms with van der Waals surface area (Å²) in [4.78, 5) is 0. The lowest BCUT2D eigenvalue weighted by molar-refractivity contribution is 0.406. The van der Waals surface area contributed by atoms with Crippen molar-refractivity contribution in [1.29, 1.82) is 0 Å². The van der Waals surface area contributed by atoms with E-state index in [9.17, 15) is 4.39 Å². The molecular weight excluding hydrogens is 213 g/mol. The average Bonchev–Trinajstić information content (AvgIpc) is 2.57. The smallest absolute Gasteiger partial charge is 0.123 e. The van der Waals surface area contributed by atoms with Gasteiger partial charge in [-0.2, -0.15) is 0 Å². The third-order valence-corrected chi connectivity index (χ3v) is 4.10. The van der Waals surface area contributed by atoms with Gasteiger partial charge in [-0.15, -0.1) is 0 Å². The van der Waals surface area contributed by atoms with Crippen molar-refractivity contribution in [3.63, 3.8) is 0 Å². The quantitative estimate of drug-likeness (QED) is 0.776. The van der Waals surface area contributed by atoms with Crippen molar-refractivity contribution >= 4 is 0 Å². The van der Waals surface area contributed by atoms with Gasteiger partial charge in [-0.3, -0.25) is 0 Å². The Balaban J connectivity index is 2.31. The lowest BCUT2D eigenvalue weighted by Gasteiger charge is -2.25. The molecule has 2 rings (SSSR count). The van der Waals surface area contributed by atoms with Crippen molar-refractivity contribution in [2.75, 3.05) is 6.54 Å². The molecule has 17 heavy (non-hydrogen) atoms. The lowest BCUT2D eigenvalue weighted by Crippen LogP contribution is -2.21. The van der Waals surface area contributed by atoms with Gasteiger partial charge in [0.2, 0.25) is 0 Å². The molecule has 2 atom stereocenters. The highest BCUT2D eigenvalue weighted by Gasteiger charge is 2.25. The minimum absolute atomic E-state index is 0.120. The second kappa shape index (κ2) is 5.63. The number of nitrogens with two attached hydrogens (primary N) is 1. The fraction of sp³-hybridized carbons (Fsp3) is 0.600. The number of hydrogen-bond acceptors (Lipinski definition) is 1. The van der Waals surface area contributed by atoms with E-state index in [0.29, 0.717) is 11.8 Å². The molecular formula is C15H22FN. The van der Waals surface area contributed by atoms with E-state index in [0.717, 1.165) is 13.0 Å². The third-order valence-electron chi connectivity index (χ3n) is 4.10. The van der Waals surface area contributed by atoms with Crippen LogP contribution in [0.1, 0.15) is 49.1 Å². The Labute approximate surface area is 103 Å². The molecule has 0 heterocycles. The van der Waals surface area contributed by atoms with Crippen LogP contribution in [0.2, 0.25) is 0 Å². The van der Waals surface area contributed by atoms with Gasteiger partial charge in [0.25, 0.3) is 0 Å². The Morgan fingerprint density at radius 1 is 1.24 bits per heavy atom. The maximum Gasteiger partial charge on any atom is 0.123 e. The van der Waals surface area contributed by atoms with E-state index in [-0.39, 0.29) is 5.82 Å². The van der Waals surface area contributed by atoms with Gasteiger partial charge in [0.15, 0.2) is 0 Å². The van der Waals surface area contributed by atoms with Crippen LogP contribution in [0.25, 0.3) is 0 Å². The zero-order valence-corrected chi connectivity index (χ0v) is 10.6. The van der Waals surface area contributed by atoms with Crippen molar-refractivity contribution in [2.45, 2.75) is 44.9 Å². The highest BCUT2D eigenvalue weighted by molar-refractivity contribution is 5.30. The number of aryl methyl sites for hydroxylation is 1. The van der Waals surface area contributed by atoms with Gasteiger partial charge in [0.05, 0.1) is 0 Å². The van der Waals surface area contributed by atoms with E-state index >= 15 is 0 Å². The van der Waals surface area contributed by atoms with Gasteiger partial charge in [0.1, 0.15) is 5.82 Å². The fourth-order valence-corrected chi connectivity index (χ4v) is 3.09. The van der Waals surface area contributed by atoms with Crippen LogP contribution < -0.4 is 5.73 Å². The van der Waals surface area contributed by atoms with Crippen molar-refractivity contribution in [3.8, 4) is 0 Å². The summed E-state index contributed by atoms with van der Waals surface area (Å²) < 4.78 is 13.4. The molecule has 0 aliphatic heterocycles. The maximum absolute atomic E-state index is 13.4. The van der Waals surface area contributed by atoms with Gasteiger partial charge in [0, 0.05) is 0 Å². The van der Waals surface area contributed by atoms with Crippen LogP contribution in [0, 0.1) is 18.7 Å². The second-order valence-corrected chi connectivity index (χ2v) is 5.24. The summed E-state index contributed by atoms with van der Waals surface area (Å²) in [7, 11) is 0. The molecule has 1 fully saturated rings. The highest BCUT2D eigenvalue weighted by atomic mass is 19.1. The van der Waals surface area contributed by atoms with E-state index in [4.69, 9.17) is 5.73 Å². The zero-order chi connectivity index (χ0) is 12.3. The van der Waals surface area contributed by atoms with Crippen molar-refractivity contribution in [1.82, 2.24) is 0 Å². The molecule has 1 saturated carbocycles. The average molecular weight is 235 g/mol. The fourth-order valence-electron chi connectivity index (χ4n) is 3.09. The number of halogens is 1. The Bertz CT molecular complexity index is 375. The van der Waals surface area contributed by atoms with Crippen LogP contribution in [0.3, 0.4) is 0 Å². The van der Waals surface area contributed by atoms with Gasteiger partial charge >= 0.3 is 0 Å². The molecule has 94 valence electrons. The summed E-state index contributed by atoms with van der Waals surface area (Å²) in [5.41, 5.74) is 8.28. The summed E-state index contributed by atoms with van der Waals surface area (Å²) >= 11 is 0. The van der Waals surface area contributed by atoms with E-state index < -0.39 is 0 Å². The molecule has 0 aromatic heterocycles. The lowest BCUT2D eigenvalue weighted by atomic mass is 9.80. The van der Waals surface area contributed by atoms with Crippen LogP contribution >= 0.6 is 0 Å². The van der Waals surface area contributed by atoms with Crippen LogP contribution in [-0.2, 0) is 0 Å². The number of rotatable bonds is 2. The van der Waals surface area contributed by atoms with E-state index in [1.165, 1.54) is 36.8 Å². The standard InChI is InChI=1S/C15H22FN/c1-11-7-8-13(16)9-15(11)14-6-4-2-3-5-12(14)10-17/h7-9,12,14H,2-6,10,17H2,1H3. The van der Waals surface area contributed by atoms with Gasteiger partial charge in [-0.25, -0.2) is 4.39 Å². The third kappa shape index (κ3) is 2.86. The summed E-state index contributed by atoms with van der Waals surface area (Å²) in [6.07, 6.45) is 6.16. The Morgan fingerprint density at radius 2 is 2.00 bits per heavy atom. The molecule has 1 aromatic carbocycles. The summed E-state index contributed by atoms with van der Waals surface area (Å²) in [5, 5.41) is 0. The molecule has 1 aromatic rings. The van der Waals surface area contributed by atoms with E-state index in [1.54, 1.807) is 12.1 Å². The normalized spacial score (nSPS) is 25.6. The molecule has 2 heteroatoms. The minimum atomic E-state index is -0.120. The second-order valence-electron chi connectivity index (χ2n) is 5.24. The van der Waals surface area contributed by atoms with Crippen molar-refractivity contribution in [2.24, 2.45) is 11.7 Å². The van der Waals surface area contributed by atoms with Gasteiger partial charge in [-0.1, -0.05) is 25.3 Å². The highest BCUT2D eigenvalue weighted by Crippen LogP contribution is 2.37. The maximum atomic E-state index is 13.4. The Kier molecular flexibility index (Phi) is 4.16. The Hall–Kier alpha value is -0.890. The molecule has 0 bridgehead atoms. The van der Waals surface area contributed by atoms with Gasteiger partial charge in [-0.05, 0) is 61.4 Å². The summed E-state index contributed by atoms with van der Waals surface area (Å²) in [6.45, 7) is 2.80. The summed E-state index contributed by atoms with van der Waals surface area (Å²) in [6, 6.07) is 5.16. The van der Waals surface area contributed by atoms with Gasteiger partial charge < -0.3 is 5.73 Å². The molecule has 0 saturated heterocycles. The first-order valence-electron chi connectivity index (χ1n) is 6.68. The molecule has 0 amide bonds. The van der Waals surface area contributed by atoms with E-state index in [1.807, 2.05) is 6.07 Å². The first-order valence-corrected chi connectivity index (χ1v) is 6.68. The molecule has 2 unspecified atom stereocenters. The van der Waals surface area contributed by atoms with Crippen molar-refractivity contribution in [3.05, 3.63) is 35.1 Å². The van der Waals surface area contributed by atoms with Crippen LogP contribution in [-0.4, -0.2) is 6.54 Å². The Morgan fingerprint density at radius 3 is 2.76 bits per heavy atom. The number of benzene rings is 1. The van der Waals surface area contributed by atoms with Crippen molar-refractivity contribution < 1.29 is 4.39 Å². The summed E-state index contributed by atoms with van der Waals surface area (Å²) in [5.74, 6) is 0.863. The van der Waals surface area contributed by atoms with Crippen LogP contribution in [0.15, 0.2) is 18.2 Å². The monoisotopic (exact) mass is 235 g/mol. The largest absolute Gasteiger partial charge is 0.330 e. The first-order chi connectivity index (χ1) is 8.22. The zero-order valence-electron chi connectivity index (χ0n) is 10.6. The molecule has 1 aliphatic rings. The molecule has 0 spiro atoms. The van der Waals surface area contributed by atoms with Crippen LogP contribution in [0.4, 0.5) is 4.39 Å². The van der Waals surface area contributed by atoms with E-state index in [2.05, 4.69) is 6.92 Å². The molecule has 1 nitrogen and oxygen atoms in total. The minimum Gasteiger partial charge on any atom is -0.330 e. The number of hydrogen-bond donors (Lipinski definition) is 1. The predicted octanol–water partition coefficient (Wildman–Crippen LogP) is 3.76.